The van der Waals surface area contributed by atoms with Gasteiger partial charge < -0.3 is 13.9 Å². The summed E-state index contributed by atoms with van der Waals surface area (Å²) in [7, 11) is 0. The smallest absolute Gasteiger partial charge is 0.227 e. The van der Waals surface area contributed by atoms with E-state index < -0.39 is 0 Å². The van der Waals surface area contributed by atoms with Crippen LogP contribution < -0.4 is 9.47 Å². The van der Waals surface area contributed by atoms with E-state index in [0.717, 1.165) is 50.8 Å². The minimum atomic E-state index is 0.535. The summed E-state index contributed by atoms with van der Waals surface area (Å²) in [5.41, 5.74) is 4.27. The number of para-hydroxylation sites is 4. The van der Waals surface area contributed by atoms with E-state index in [0.29, 0.717) is 5.89 Å². The van der Waals surface area contributed by atoms with Crippen LogP contribution in [0.15, 0.2) is 138 Å². The highest BCUT2D eigenvalue weighted by Crippen LogP contribution is 2.32. The van der Waals surface area contributed by atoms with Crippen LogP contribution in [-0.2, 0) is 0 Å². The molecule has 5 aromatic carbocycles. The molecule has 0 saturated heterocycles. The number of fused-ring (bicyclic) bond motifs is 1. The molecule has 0 N–H and O–H groups in total. The molecular formula is C33H23NO3. The Morgan fingerprint density at radius 1 is 0.568 bits per heavy atom. The summed E-state index contributed by atoms with van der Waals surface area (Å²) in [5.74, 6) is 3.57. The van der Waals surface area contributed by atoms with Crippen molar-refractivity contribution < 1.29 is 13.9 Å². The summed E-state index contributed by atoms with van der Waals surface area (Å²) in [4.78, 5) is 4.78. The van der Waals surface area contributed by atoms with Crippen LogP contribution in [0.1, 0.15) is 17.0 Å². The largest absolute Gasteiger partial charge is 0.457 e. The summed E-state index contributed by atoms with van der Waals surface area (Å²) >= 11 is 0. The van der Waals surface area contributed by atoms with Gasteiger partial charge in [-0.2, -0.15) is 0 Å². The summed E-state index contributed by atoms with van der Waals surface area (Å²) in [6.07, 6.45) is 2.06. The zero-order valence-corrected chi connectivity index (χ0v) is 20.0. The zero-order chi connectivity index (χ0) is 24.9. The van der Waals surface area contributed by atoms with Crippen LogP contribution in [0, 0.1) is 0 Å². The van der Waals surface area contributed by atoms with Gasteiger partial charge in [0.1, 0.15) is 28.5 Å². The maximum Gasteiger partial charge on any atom is 0.227 e. The van der Waals surface area contributed by atoms with Gasteiger partial charge in [-0.1, -0.05) is 72.8 Å². The summed E-state index contributed by atoms with van der Waals surface area (Å²) in [6, 6.07) is 43.1. The second-order valence-corrected chi connectivity index (χ2v) is 8.48. The number of rotatable bonds is 7. The van der Waals surface area contributed by atoms with Gasteiger partial charge in [0.25, 0.3) is 0 Å². The van der Waals surface area contributed by atoms with E-state index in [1.807, 2.05) is 133 Å². The fourth-order valence-electron chi connectivity index (χ4n) is 4.07. The Kier molecular flexibility index (Phi) is 6.21. The van der Waals surface area contributed by atoms with Crippen LogP contribution in [0.2, 0.25) is 0 Å². The Balaban J connectivity index is 1.41. The minimum absolute atomic E-state index is 0.535. The van der Waals surface area contributed by atoms with Crippen molar-refractivity contribution in [3.63, 3.8) is 0 Å². The van der Waals surface area contributed by atoms with Crippen LogP contribution in [0.25, 0.3) is 22.7 Å². The molecule has 0 bridgehead atoms. The van der Waals surface area contributed by atoms with Gasteiger partial charge in [0.2, 0.25) is 5.89 Å². The molecule has 4 nitrogen and oxygen atoms in total. The fourth-order valence-corrected chi connectivity index (χ4v) is 4.07. The van der Waals surface area contributed by atoms with Crippen molar-refractivity contribution in [2.24, 2.45) is 0 Å². The monoisotopic (exact) mass is 481 g/mol. The lowest BCUT2D eigenvalue weighted by Gasteiger charge is -2.10. The van der Waals surface area contributed by atoms with Crippen molar-refractivity contribution in [1.29, 1.82) is 0 Å². The van der Waals surface area contributed by atoms with Crippen LogP contribution in [0.4, 0.5) is 0 Å². The number of oxazole rings is 1. The Morgan fingerprint density at radius 2 is 1.16 bits per heavy atom. The molecule has 4 heteroatoms. The normalized spacial score (nSPS) is 11.4. The van der Waals surface area contributed by atoms with Crippen molar-refractivity contribution in [3.8, 4) is 23.0 Å². The Hall–Kier alpha value is -5.09. The summed E-state index contributed by atoms with van der Waals surface area (Å²) in [5, 5.41) is 0. The van der Waals surface area contributed by atoms with Crippen molar-refractivity contribution in [1.82, 2.24) is 4.98 Å². The summed E-state index contributed by atoms with van der Waals surface area (Å²) in [6.45, 7) is 0. The Morgan fingerprint density at radius 3 is 1.86 bits per heavy atom. The third-order valence-corrected chi connectivity index (χ3v) is 5.80. The molecule has 1 aromatic heterocycles. The predicted molar refractivity (Wildman–Crippen MR) is 147 cm³/mol. The average Bonchev–Trinajstić information content (AvgIpc) is 3.37. The molecule has 0 spiro atoms. The third-order valence-electron chi connectivity index (χ3n) is 5.80. The zero-order valence-electron chi connectivity index (χ0n) is 20.0. The molecule has 0 saturated carbocycles. The lowest BCUT2D eigenvalue weighted by Crippen LogP contribution is -1.91. The minimum Gasteiger partial charge on any atom is -0.457 e. The molecule has 0 aliphatic heterocycles. The van der Waals surface area contributed by atoms with Crippen LogP contribution in [-0.4, -0.2) is 4.98 Å². The van der Waals surface area contributed by atoms with Crippen molar-refractivity contribution in [2.45, 2.75) is 0 Å². The highest BCUT2D eigenvalue weighted by Gasteiger charge is 2.15. The maximum absolute atomic E-state index is 6.19. The molecule has 0 fully saturated rings. The topological polar surface area (TPSA) is 44.5 Å². The van der Waals surface area contributed by atoms with Crippen molar-refractivity contribution >= 4 is 22.7 Å². The van der Waals surface area contributed by atoms with Crippen molar-refractivity contribution in [2.75, 3.05) is 0 Å². The summed E-state index contributed by atoms with van der Waals surface area (Å²) < 4.78 is 18.3. The molecule has 0 aliphatic rings. The number of nitrogens with zero attached hydrogens (tertiary/aromatic N) is 1. The molecule has 0 aliphatic carbocycles. The Labute approximate surface area is 215 Å². The molecule has 178 valence electrons. The molecule has 0 atom stereocenters. The molecule has 1 heterocycles. The first-order chi connectivity index (χ1) is 18.3. The highest BCUT2D eigenvalue weighted by atomic mass is 16.5. The molecular weight excluding hydrogens is 458 g/mol. The first-order valence-corrected chi connectivity index (χ1v) is 12.0. The van der Waals surface area contributed by atoms with Gasteiger partial charge in [0, 0.05) is 5.57 Å². The lowest BCUT2D eigenvalue weighted by molar-refractivity contribution is 0.482. The van der Waals surface area contributed by atoms with E-state index in [1.54, 1.807) is 0 Å². The van der Waals surface area contributed by atoms with Gasteiger partial charge in [0.15, 0.2) is 5.58 Å². The van der Waals surface area contributed by atoms with Gasteiger partial charge in [0.05, 0.1) is 0 Å². The lowest BCUT2D eigenvalue weighted by atomic mass is 10.0. The second kappa shape index (κ2) is 10.3. The van der Waals surface area contributed by atoms with Gasteiger partial charge in [-0.25, -0.2) is 4.98 Å². The van der Waals surface area contributed by atoms with Crippen LogP contribution >= 0.6 is 0 Å². The van der Waals surface area contributed by atoms with E-state index in [9.17, 15) is 0 Å². The molecule has 0 unspecified atom stereocenters. The van der Waals surface area contributed by atoms with E-state index in [2.05, 4.69) is 6.08 Å². The standard InChI is InChI=1S/C33H23NO3/c1-3-13-26(14-4-1)35-28-17-9-11-24(21-28)22-30(33-34-31-19-7-8-20-32(31)37-33)25-12-10-18-29(23-25)36-27-15-5-2-6-16-27/h1-23H. The molecule has 37 heavy (non-hydrogen) atoms. The number of hydrogen-bond donors (Lipinski definition) is 0. The third kappa shape index (κ3) is 5.29. The van der Waals surface area contributed by atoms with E-state index in [4.69, 9.17) is 18.9 Å². The van der Waals surface area contributed by atoms with E-state index in [-0.39, 0.29) is 0 Å². The number of aromatic nitrogens is 1. The maximum atomic E-state index is 6.19. The SMILES string of the molecule is C(=C(c1cccc(Oc2ccccc2)c1)c1nc2ccccc2o1)c1cccc(Oc2ccccc2)c1. The van der Waals surface area contributed by atoms with E-state index >= 15 is 0 Å². The molecule has 6 aromatic rings. The fraction of sp³-hybridized carbons (Fsp3) is 0. The van der Waals surface area contributed by atoms with E-state index in [1.165, 1.54) is 0 Å². The molecule has 0 radical (unpaired) electrons. The Bertz CT molecular complexity index is 1640. The quantitative estimate of drug-likeness (QED) is 0.213. The first-order valence-electron chi connectivity index (χ1n) is 12.0. The van der Waals surface area contributed by atoms with Gasteiger partial charge >= 0.3 is 0 Å². The highest BCUT2D eigenvalue weighted by molar-refractivity contribution is 5.91. The van der Waals surface area contributed by atoms with Gasteiger partial charge in [-0.3, -0.25) is 0 Å². The number of ether oxygens (including phenoxy) is 2. The van der Waals surface area contributed by atoms with Crippen LogP contribution in [0.3, 0.4) is 0 Å². The van der Waals surface area contributed by atoms with Gasteiger partial charge in [-0.15, -0.1) is 0 Å². The van der Waals surface area contributed by atoms with Gasteiger partial charge in [-0.05, 0) is 77.9 Å². The average molecular weight is 482 g/mol. The number of hydrogen-bond acceptors (Lipinski definition) is 4. The van der Waals surface area contributed by atoms with Crippen molar-refractivity contribution in [3.05, 3.63) is 150 Å². The first kappa shape index (κ1) is 22.4. The van der Waals surface area contributed by atoms with Crippen LogP contribution in [0.5, 0.6) is 23.0 Å². The predicted octanol–water partition coefficient (Wildman–Crippen LogP) is 9.00. The second-order valence-electron chi connectivity index (χ2n) is 8.48. The molecule has 6 rings (SSSR count). The molecule has 0 amide bonds. The number of benzene rings is 5.